The summed E-state index contributed by atoms with van der Waals surface area (Å²) < 4.78 is 77.0. The van der Waals surface area contributed by atoms with E-state index in [-0.39, 0.29) is 5.56 Å². The van der Waals surface area contributed by atoms with E-state index < -0.39 is 44.4 Å². The second-order valence-corrected chi connectivity index (χ2v) is 9.01. The Balaban J connectivity index is 1.92. The Kier molecular flexibility index (Phi) is 5.40. The van der Waals surface area contributed by atoms with Crippen LogP contribution in [-0.4, -0.2) is 25.8 Å². The fourth-order valence-corrected chi connectivity index (χ4v) is 3.97. The number of alkyl halides is 3. The highest BCUT2D eigenvalue weighted by molar-refractivity contribution is 7.91. The second-order valence-electron chi connectivity index (χ2n) is 7.13. The van der Waals surface area contributed by atoms with E-state index in [1.807, 2.05) is 0 Å². The van der Waals surface area contributed by atoms with Crippen molar-refractivity contribution < 1.29 is 26.0 Å². The Hall–Kier alpha value is -2.16. The van der Waals surface area contributed by atoms with Crippen LogP contribution in [0.15, 0.2) is 35.2 Å². The summed E-state index contributed by atoms with van der Waals surface area (Å²) >= 11 is 0. The first-order valence-corrected chi connectivity index (χ1v) is 10.3. The van der Waals surface area contributed by atoms with Crippen LogP contribution in [0.4, 0.5) is 23.2 Å². The standard InChI is InChI=1S/C19H20F4N2O2S/c1-11-8-13(9-16(24-11)19(10-20)6-7-19)25-12(2)14-4-3-5-15(17(14)21)28(26,27)18(22)23/h3-5,8-9,12,18H,6-7,10H2,1-2H3,(H,24,25). The van der Waals surface area contributed by atoms with E-state index >= 15 is 0 Å². The van der Waals surface area contributed by atoms with Gasteiger partial charge in [-0.3, -0.25) is 9.37 Å². The Morgan fingerprint density at radius 1 is 1.25 bits per heavy atom. The first-order valence-electron chi connectivity index (χ1n) is 8.73. The fraction of sp³-hybridized carbons (Fsp3) is 0.421. The van der Waals surface area contributed by atoms with Gasteiger partial charge in [-0.15, -0.1) is 0 Å². The number of aromatic nitrogens is 1. The lowest BCUT2D eigenvalue weighted by molar-refractivity contribution is 0.234. The Labute approximate surface area is 160 Å². The lowest BCUT2D eigenvalue weighted by atomic mass is 10.0. The molecule has 1 heterocycles. The van der Waals surface area contributed by atoms with Crippen LogP contribution in [0.1, 0.15) is 42.8 Å². The highest BCUT2D eigenvalue weighted by Gasteiger charge is 2.46. The van der Waals surface area contributed by atoms with Gasteiger partial charge in [-0.2, -0.15) is 8.78 Å². The first-order chi connectivity index (χ1) is 13.1. The monoisotopic (exact) mass is 416 g/mol. The maximum atomic E-state index is 14.7. The quantitative estimate of drug-likeness (QED) is 0.665. The van der Waals surface area contributed by atoms with Crippen molar-refractivity contribution >= 4 is 15.5 Å². The summed E-state index contributed by atoms with van der Waals surface area (Å²) in [6.07, 6.45) is 1.41. The molecule has 9 heteroatoms. The van der Waals surface area contributed by atoms with Crippen LogP contribution in [0.3, 0.4) is 0 Å². The molecule has 0 spiro atoms. The number of anilines is 1. The van der Waals surface area contributed by atoms with Gasteiger partial charge in [0.15, 0.2) is 0 Å². The summed E-state index contributed by atoms with van der Waals surface area (Å²) in [6.45, 7) is 2.82. The molecule has 1 aliphatic carbocycles. The average Bonchev–Trinajstić information content (AvgIpc) is 3.42. The molecule has 0 saturated heterocycles. The molecule has 0 bridgehead atoms. The molecule has 1 atom stereocenters. The van der Waals surface area contributed by atoms with Crippen molar-refractivity contribution in [1.29, 1.82) is 0 Å². The second kappa shape index (κ2) is 7.35. The van der Waals surface area contributed by atoms with Gasteiger partial charge in [0, 0.05) is 22.4 Å². The smallest absolute Gasteiger partial charge is 0.341 e. The Bertz CT molecular complexity index is 991. The molecule has 1 N–H and O–H groups in total. The minimum Gasteiger partial charge on any atom is -0.378 e. The molecule has 2 aromatic rings. The highest BCUT2D eigenvalue weighted by atomic mass is 32.2. The molecule has 28 heavy (non-hydrogen) atoms. The molecule has 1 aromatic heterocycles. The molecular formula is C19H20F4N2O2S. The number of rotatable bonds is 7. The fourth-order valence-electron chi connectivity index (χ4n) is 3.14. The van der Waals surface area contributed by atoms with Crippen molar-refractivity contribution in [3.8, 4) is 0 Å². The largest absolute Gasteiger partial charge is 0.378 e. The van der Waals surface area contributed by atoms with Gasteiger partial charge < -0.3 is 5.32 Å². The van der Waals surface area contributed by atoms with Crippen LogP contribution < -0.4 is 5.32 Å². The number of nitrogens with zero attached hydrogens (tertiary/aromatic N) is 1. The zero-order valence-corrected chi connectivity index (χ0v) is 16.2. The maximum Gasteiger partial charge on any atom is 0.341 e. The van der Waals surface area contributed by atoms with Crippen LogP contribution in [0.25, 0.3) is 0 Å². The molecule has 4 nitrogen and oxygen atoms in total. The molecule has 1 unspecified atom stereocenters. The number of hydrogen-bond donors (Lipinski definition) is 1. The number of sulfone groups is 1. The molecule has 152 valence electrons. The van der Waals surface area contributed by atoms with Gasteiger partial charge in [-0.25, -0.2) is 12.8 Å². The van der Waals surface area contributed by atoms with E-state index in [0.717, 1.165) is 6.07 Å². The van der Waals surface area contributed by atoms with E-state index in [2.05, 4.69) is 10.3 Å². The van der Waals surface area contributed by atoms with Crippen LogP contribution in [-0.2, 0) is 15.3 Å². The summed E-state index contributed by atoms with van der Waals surface area (Å²) in [6, 6.07) is 6.04. The minimum absolute atomic E-state index is 0.0654. The van der Waals surface area contributed by atoms with Crippen molar-refractivity contribution in [2.45, 2.75) is 48.8 Å². The van der Waals surface area contributed by atoms with E-state index in [4.69, 9.17) is 0 Å². The van der Waals surface area contributed by atoms with Crippen molar-refractivity contribution in [3.63, 3.8) is 0 Å². The van der Waals surface area contributed by atoms with Crippen molar-refractivity contribution in [2.75, 3.05) is 12.0 Å². The molecule has 3 rings (SSSR count). The van der Waals surface area contributed by atoms with E-state index in [0.29, 0.717) is 29.9 Å². The number of hydrogen-bond acceptors (Lipinski definition) is 4. The van der Waals surface area contributed by atoms with Crippen LogP contribution in [0.5, 0.6) is 0 Å². The predicted octanol–water partition coefficient (Wildman–Crippen LogP) is 4.70. The van der Waals surface area contributed by atoms with Gasteiger partial charge in [0.1, 0.15) is 17.4 Å². The summed E-state index contributed by atoms with van der Waals surface area (Å²) in [7, 11) is -5.05. The molecule has 0 radical (unpaired) electrons. The van der Waals surface area contributed by atoms with Gasteiger partial charge in [0.25, 0.3) is 0 Å². The molecule has 1 saturated carbocycles. The molecule has 0 aliphatic heterocycles. The summed E-state index contributed by atoms with van der Waals surface area (Å²) in [5.74, 6) is -4.92. The number of pyridine rings is 1. The van der Waals surface area contributed by atoms with Crippen LogP contribution in [0, 0.1) is 12.7 Å². The third-order valence-electron chi connectivity index (χ3n) is 4.99. The lowest BCUT2D eigenvalue weighted by Gasteiger charge is -2.20. The normalized spacial score (nSPS) is 16.8. The molecular weight excluding hydrogens is 396 g/mol. The van der Waals surface area contributed by atoms with Crippen LogP contribution in [0.2, 0.25) is 0 Å². The zero-order chi connectivity index (χ0) is 20.7. The molecule has 1 aromatic carbocycles. The summed E-state index contributed by atoms with van der Waals surface area (Å²) in [5.41, 5.74) is 1.20. The van der Waals surface area contributed by atoms with Crippen molar-refractivity contribution in [1.82, 2.24) is 4.98 Å². The number of aryl methyl sites for hydroxylation is 1. The van der Waals surface area contributed by atoms with Crippen molar-refractivity contribution in [2.24, 2.45) is 0 Å². The topological polar surface area (TPSA) is 59.1 Å². The van der Waals surface area contributed by atoms with Gasteiger partial charge >= 0.3 is 5.76 Å². The number of halogens is 4. The number of nitrogens with one attached hydrogen (secondary N) is 1. The van der Waals surface area contributed by atoms with Gasteiger partial charge in [-0.1, -0.05) is 12.1 Å². The lowest BCUT2D eigenvalue weighted by Crippen LogP contribution is -2.17. The average molecular weight is 416 g/mol. The predicted molar refractivity (Wildman–Crippen MR) is 97.5 cm³/mol. The van der Waals surface area contributed by atoms with E-state index in [1.165, 1.54) is 12.1 Å². The Morgan fingerprint density at radius 2 is 1.93 bits per heavy atom. The van der Waals surface area contributed by atoms with Gasteiger partial charge in [-0.05, 0) is 44.9 Å². The van der Waals surface area contributed by atoms with Crippen LogP contribution >= 0.6 is 0 Å². The SMILES string of the molecule is Cc1cc(NC(C)c2cccc(S(=O)(=O)C(F)F)c2F)cc(C2(CF)CC2)n1. The molecule has 0 amide bonds. The molecule has 1 aliphatic rings. The third kappa shape index (κ3) is 3.72. The maximum absolute atomic E-state index is 14.7. The molecule has 1 fully saturated rings. The summed E-state index contributed by atoms with van der Waals surface area (Å²) in [4.78, 5) is 3.35. The summed E-state index contributed by atoms with van der Waals surface area (Å²) in [5, 5.41) is 3.03. The number of benzene rings is 1. The van der Waals surface area contributed by atoms with E-state index in [1.54, 1.807) is 26.0 Å². The first kappa shape index (κ1) is 20.6. The minimum atomic E-state index is -5.05. The van der Waals surface area contributed by atoms with E-state index in [9.17, 15) is 26.0 Å². The Morgan fingerprint density at radius 3 is 2.50 bits per heavy atom. The highest BCUT2D eigenvalue weighted by Crippen LogP contribution is 2.48. The van der Waals surface area contributed by atoms with Gasteiger partial charge in [0.05, 0.1) is 11.7 Å². The van der Waals surface area contributed by atoms with Gasteiger partial charge in [0.2, 0.25) is 9.84 Å². The van der Waals surface area contributed by atoms with Crippen molar-refractivity contribution in [3.05, 3.63) is 53.1 Å². The zero-order valence-electron chi connectivity index (χ0n) is 15.3. The third-order valence-corrected chi connectivity index (χ3v) is 6.39.